The van der Waals surface area contributed by atoms with E-state index >= 15 is 0 Å². The van der Waals surface area contributed by atoms with Crippen molar-refractivity contribution in [3.8, 4) is 5.75 Å². The van der Waals surface area contributed by atoms with Crippen molar-refractivity contribution >= 4 is 72.0 Å². The largest absolute Gasteiger partial charge is 0.497 e. The van der Waals surface area contributed by atoms with Gasteiger partial charge in [-0.25, -0.2) is 26.4 Å². The molecule has 0 aromatic heterocycles. The zero-order valence-corrected chi connectivity index (χ0v) is 30.9. The lowest BCUT2D eigenvalue weighted by atomic mass is 10.3. The summed E-state index contributed by atoms with van der Waals surface area (Å²) in [7, 11) is -5.68. The van der Waals surface area contributed by atoms with Gasteiger partial charge in [0.25, 0.3) is 20.0 Å². The van der Waals surface area contributed by atoms with Crippen molar-refractivity contribution in [2.75, 3.05) is 38.7 Å². The second-order valence-electron chi connectivity index (χ2n) is 11.1. The van der Waals surface area contributed by atoms with Crippen LogP contribution in [0, 0.1) is 0 Å². The maximum Gasteiger partial charge on any atom is 0.323 e. The highest BCUT2D eigenvalue weighted by Crippen LogP contribution is 2.20. The zero-order valence-electron chi connectivity index (χ0n) is 29.3. The normalized spacial score (nSPS) is 10.4. The molecule has 0 heterocycles. The second-order valence-corrected chi connectivity index (χ2v) is 14.5. The third-order valence-electron chi connectivity index (χ3n) is 7.08. The summed E-state index contributed by atoms with van der Waals surface area (Å²) in [6.07, 6.45) is 1.44. The number of nitrogen functional groups attached to an aromatic ring is 2. The van der Waals surface area contributed by atoms with E-state index in [1.54, 1.807) is 122 Å². The Bertz CT molecular complexity index is 2400. The summed E-state index contributed by atoms with van der Waals surface area (Å²) in [4.78, 5) is 25.5. The molecule has 0 aliphatic heterocycles. The van der Waals surface area contributed by atoms with Crippen LogP contribution in [-0.4, -0.2) is 36.1 Å². The molecule has 0 fully saturated rings. The molecule has 16 heteroatoms. The van der Waals surface area contributed by atoms with Gasteiger partial charge in [0.1, 0.15) is 5.75 Å². The molecule has 0 radical (unpaired) electrons. The van der Waals surface area contributed by atoms with Gasteiger partial charge < -0.3 is 26.8 Å². The predicted molar refractivity (Wildman–Crippen MR) is 216 cm³/mol. The van der Waals surface area contributed by atoms with E-state index in [-0.39, 0.29) is 9.79 Å². The Hall–Kier alpha value is -7.13. The van der Waals surface area contributed by atoms with Gasteiger partial charge >= 0.3 is 6.03 Å². The Morgan fingerprint density at radius 3 is 1.33 bits per heavy atom. The van der Waals surface area contributed by atoms with E-state index < -0.39 is 26.1 Å². The maximum atomic E-state index is 12.4. The number of nitrogens with one attached hydrogen (secondary N) is 4. The minimum Gasteiger partial charge on any atom is -0.497 e. The number of nitrogens with two attached hydrogens (primary N) is 2. The number of para-hydroxylation sites is 2. The van der Waals surface area contributed by atoms with E-state index in [1.807, 2.05) is 6.07 Å². The van der Waals surface area contributed by atoms with E-state index in [0.29, 0.717) is 45.6 Å². The number of sulfonamides is 2. The summed E-state index contributed by atoms with van der Waals surface area (Å²) in [5.41, 5.74) is 14.7. The van der Waals surface area contributed by atoms with Gasteiger partial charge in [0, 0.05) is 34.1 Å². The lowest BCUT2D eigenvalue weighted by molar-refractivity contribution is 0.262. The van der Waals surface area contributed by atoms with Crippen LogP contribution >= 0.6 is 0 Å². The van der Waals surface area contributed by atoms with Crippen molar-refractivity contribution in [2.24, 2.45) is 4.99 Å². The second kappa shape index (κ2) is 19.6. The zero-order chi connectivity index (χ0) is 39.7. The topological polar surface area (TPSA) is 224 Å². The van der Waals surface area contributed by atoms with Crippen LogP contribution < -0.4 is 36.3 Å². The Balaban J connectivity index is 0.000000210. The lowest BCUT2D eigenvalue weighted by Gasteiger charge is -2.10. The van der Waals surface area contributed by atoms with Crippen molar-refractivity contribution in [3.05, 3.63) is 158 Å². The Morgan fingerprint density at radius 1 is 0.545 bits per heavy atom. The number of methoxy groups -OCH3 is 1. The number of rotatable bonds is 10. The van der Waals surface area contributed by atoms with Gasteiger partial charge in [-0.2, -0.15) is 4.99 Å². The molecule has 0 aliphatic carbocycles. The molecule has 0 atom stereocenters. The van der Waals surface area contributed by atoms with Crippen molar-refractivity contribution < 1.29 is 31.2 Å². The molecule has 6 aromatic carbocycles. The van der Waals surface area contributed by atoms with Gasteiger partial charge in [0.05, 0.1) is 22.6 Å². The Kier molecular flexibility index (Phi) is 14.5. The smallest absolute Gasteiger partial charge is 0.323 e. The number of amides is 2. The average molecular weight is 780 g/mol. The molecule has 6 aromatic rings. The molecular formula is C39H37N7O7S2. The molecule has 0 aliphatic rings. The first kappa shape index (κ1) is 40.6. The number of aliphatic imine (C=N–C) groups is 1. The highest BCUT2D eigenvalue weighted by atomic mass is 32.2. The Labute approximate surface area is 319 Å². The summed E-state index contributed by atoms with van der Waals surface area (Å²) in [6, 6.07) is 42.4. The fourth-order valence-corrected chi connectivity index (χ4v) is 6.49. The molecule has 282 valence electrons. The van der Waals surface area contributed by atoms with E-state index in [9.17, 15) is 26.4 Å². The first-order chi connectivity index (χ1) is 26.4. The monoisotopic (exact) mass is 779 g/mol. The minimum atomic E-state index is -3.70. The van der Waals surface area contributed by atoms with Crippen LogP contribution in [0.2, 0.25) is 0 Å². The van der Waals surface area contributed by atoms with Gasteiger partial charge in [0.2, 0.25) is 6.08 Å². The van der Waals surface area contributed by atoms with Crippen LogP contribution in [-0.2, 0) is 24.8 Å². The van der Waals surface area contributed by atoms with Crippen molar-refractivity contribution in [2.45, 2.75) is 9.79 Å². The highest BCUT2D eigenvalue weighted by molar-refractivity contribution is 7.93. The predicted octanol–water partition coefficient (Wildman–Crippen LogP) is 7.45. The number of isocyanates is 1. The number of nitrogens with zero attached hydrogens (tertiary/aromatic N) is 1. The number of benzene rings is 6. The molecular weight excluding hydrogens is 743 g/mol. The number of anilines is 6. The maximum absolute atomic E-state index is 12.4. The van der Waals surface area contributed by atoms with E-state index in [2.05, 4.69) is 25.1 Å². The Morgan fingerprint density at radius 2 is 0.927 bits per heavy atom. The standard InChI is InChI=1S/C20H19N3O4S.C12H12N2O2S.C7H6N2O/c1-27-18-11-7-15(8-12-18)21-20(24)22-16-9-13-19(14-10-16)28(25,26)23-17-5-3-2-4-6-17;13-10-6-8-12(9-7-10)17(15,16)14-11-4-2-1-3-5-11;8-6-1-3-7(4-2-6)9-5-10/h2-14,23H,1H3,(H2,21,22,24);1-9,14H,13H2;1-4H,8H2. The first-order valence-corrected chi connectivity index (χ1v) is 19.1. The van der Waals surface area contributed by atoms with Crippen LogP contribution in [0.25, 0.3) is 0 Å². The van der Waals surface area contributed by atoms with Crippen molar-refractivity contribution in [1.29, 1.82) is 0 Å². The van der Waals surface area contributed by atoms with Crippen molar-refractivity contribution in [3.63, 3.8) is 0 Å². The molecule has 0 spiro atoms. The first-order valence-electron chi connectivity index (χ1n) is 16.1. The van der Waals surface area contributed by atoms with Crippen molar-refractivity contribution in [1.82, 2.24) is 0 Å². The molecule has 14 nitrogen and oxygen atoms in total. The van der Waals surface area contributed by atoms with Crippen LogP contribution in [0.3, 0.4) is 0 Å². The molecule has 6 rings (SSSR count). The molecule has 0 bridgehead atoms. The quantitative estimate of drug-likeness (QED) is 0.0461. The van der Waals surface area contributed by atoms with Gasteiger partial charge in [-0.1, -0.05) is 36.4 Å². The van der Waals surface area contributed by atoms with E-state index in [0.717, 1.165) is 0 Å². The lowest BCUT2D eigenvalue weighted by Crippen LogP contribution is -2.19. The number of carbonyl (C=O) groups excluding carboxylic acids is 2. The molecule has 0 saturated heterocycles. The summed E-state index contributed by atoms with van der Waals surface area (Å²) in [6.45, 7) is 0. The summed E-state index contributed by atoms with van der Waals surface area (Å²) < 4.78 is 58.8. The average Bonchev–Trinajstić information content (AvgIpc) is 3.17. The van der Waals surface area contributed by atoms with Crippen LogP contribution in [0.1, 0.15) is 0 Å². The van der Waals surface area contributed by atoms with Gasteiger partial charge in [0.15, 0.2) is 0 Å². The number of urea groups is 1. The van der Waals surface area contributed by atoms with Crippen LogP contribution in [0.15, 0.2) is 173 Å². The van der Waals surface area contributed by atoms with E-state index in [1.165, 1.54) is 42.5 Å². The third-order valence-corrected chi connectivity index (χ3v) is 9.88. The van der Waals surface area contributed by atoms with Crippen LogP contribution in [0.5, 0.6) is 5.75 Å². The van der Waals surface area contributed by atoms with Gasteiger partial charge in [-0.3, -0.25) is 9.44 Å². The number of carbonyl (C=O) groups is 1. The summed E-state index contributed by atoms with van der Waals surface area (Å²) in [5, 5.41) is 5.33. The molecule has 8 N–H and O–H groups in total. The van der Waals surface area contributed by atoms with E-state index in [4.69, 9.17) is 16.2 Å². The summed E-state index contributed by atoms with van der Waals surface area (Å²) >= 11 is 0. The SMILES string of the molecule is COc1ccc(NC(=O)Nc2ccc(S(=O)(=O)Nc3ccccc3)cc2)cc1.Nc1ccc(N=C=O)cc1.Nc1ccc(S(=O)(=O)Nc2ccccc2)cc1. The molecule has 2 amide bonds. The fraction of sp³-hybridized carbons (Fsp3) is 0.0256. The number of hydrogen-bond donors (Lipinski definition) is 6. The van der Waals surface area contributed by atoms with Gasteiger partial charge in [-0.05, 0) is 121 Å². The van der Waals surface area contributed by atoms with Gasteiger partial charge in [-0.15, -0.1) is 0 Å². The fourth-order valence-electron chi connectivity index (χ4n) is 4.37. The number of hydrogen-bond acceptors (Lipinski definition) is 10. The third kappa shape index (κ3) is 13.4. The molecule has 0 saturated carbocycles. The van der Waals surface area contributed by atoms with Crippen LogP contribution in [0.4, 0.5) is 44.6 Å². The molecule has 0 unspecified atom stereocenters. The number of ether oxygens (including phenoxy) is 1. The highest BCUT2D eigenvalue weighted by Gasteiger charge is 2.15. The summed E-state index contributed by atoms with van der Waals surface area (Å²) in [5.74, 6) is 0.687. The molecule has 55 heavy (non-hydrogen) atoms. The minimum absolute atomic E-state index is 0.0949.